The molecule has 96 valence electrons. The Morgan fingerprint density at radius 2 is 2.33 bits per heavy atom. The molecule has 1 aliphatic rings. The maximum Gasteiger partial charge on any atom is 0.143 e. The van der Waals surface area contributed by atoms with Gasteiger partial charge in [-0.1, -0.05) is 13.3 Å². The van der Waals surface area contributed by atoms with Crippen LogP contribution in [-0.2, 0) is 13.0 Å². The second-order valence-corrected chi connectivity index (χ2v) is 6.47. The number of rotatable bonds is 6. The number of aryl methyl sites for hydroxylation is 1. The molecule has 2 heterocycles. The zero-order valence-electron chi connectivity index (χ0n) is 10.5. The van der Waals surface area contributed by atoms with Crippen LogP contribution >= 0.6 is 22.7 Å². The molecule has 0 bridgehead atoms. The summed E-state index contributed by atoms with van der Waals surface area (Å²) in [5.41, 5.74) is 4.16. The first-order valence-corrected chi connectivity index (χ1v) is 8.23. The molecule has 0 aromatic carbocycles. The standard InChI is InChI=1S/C13H17N3S2/c1-2-3-10-12(6-14-9-4-5-9)18-13(16-10)11-7-17-8-15-11/h7-9,14H,2-6H2,1H3. The summed E-state index contributed by atoms with van der Waals surface area (Å²) in [7, 11) is 0. The maximum atomic E-state index is 4.76. The third-order valence-corrected chi connectivity index (χ3v) is 4.75. The SMILES string of the molecule is CCCc1nc(-c2cscn2)sc1CNC1CC1. The number of hydrogen-bond acceptors (Lipinski definition) is 5. The Morgan fingerprint density at radius 3 is 3.00 bits per heavy atom. The van der Waals surface area contributed by atoms with Crippen LogP contribution in [0.25, 0.3) is 10.7 Å². The van der Waals surface area contributed by atoms with Gasteiger partial charge in [-0.05, 0) is 19.3 Å². The molecular formula is C13H17N3S2. The van der Waals surface area contributed by atoms with Crippen molar-refractivity contribution in [1.82, 2.24) is 15.3 Å². The normalized spacial score (nSPS) is 15.2. The summed E-state index contributed by atoms with van der Waals surface area (Å²) in [6.07, 6.45) is 4.89. The Balaban J connectivity index is 1.80. The van der Waals surface area contributed by atoms with Crippen LogP contribution in [0, 0.1) is 0 Å². The van der Waals surface area contributed by atoms with E-state index in [2.05, 4.69) is 22.6 Å². The molecule has 0 saturated heterocycles. The van der Waals surface area contributed by atoms with Crippen LogP contribution in [-0.4, -0.2) is 16.0 Å². The first-order chi connectivity index (χ1) is 8.86. The lowest BCUT2D eigenvalue weighted by molar-refractivity contribution is 0.686. The number of aromatic nitrogens is 2. The number of thiazole rings is 2. The Hall–Kier alpha value is -0.780. The third kappa shape index (κ3) is 2.79. The van der Waals surface area contributed by atoms with Crippen LogP contribution in [0.1, 0.15) is 36.8 Å². The summed E-state index contributed by atoms with van der Waals surface area (Å²) in [5.74, 6) is 0. The van der Waals surface area contributed by atoms with Crippen molar-refractivity contribution in [3.05, 3.63) is 21.5 Å². The summed E-state index contributed by atoms with van der Waals surface area (Å²) in [4.78, 5) is 10.5. The number of nitrogens with one attached hydrogen (secondary N) is 1. The quantitative estimate of drug-likeness (QED) is 0.880. The number of hydrogen-bond donors (Lipinski definition) is 1. The monoisotopic (exact) mass is 279 g/mol. The molecule has 1 N–H and O–H groups in total. The minimum Gasteiger partial charge on any atom is -0.309 e. The minimum absolute atomic E-state index is 0.754. The van der Waals surface area contributed by atoms with E-state index in [0.29, 0.717) is 0 Å². The first kappa shape index (κ1) is 12.3. The van der Waals surface area contributed by atoms with Gasteiger partial charge in [0.05, 0.1) is 11.2 Å². The highest BCUT2D eigenvalue weighted by atomic mass is 32.1. The van der Waals surface area contributed by atoms with Gasteiger partial charge in [-0.25, -0.2) is 9.97 Å². The zero-order valence-corrected chi connectivity index (χ0v) is 12.1. The molecule has 0 aliphatic heterocycles. The highest BCUT2D eigenvalue weighted by Crippen LogP contribution is 2.29. The van der Waals surface area contributed by atoms with Gasteiger partial charge in [0.25, 0.3) is 0 Å². The van der Waals surface area contributed by atoms with Gasteiger partial charge in [0.2, 0.25) is 0 Å². The van der Waals surface area contributed by atoms with Crippen molar-refractivity contribution in [2.75, 3.05) is 0 Å². The van der Waals surface area contributed by atoms with Crippen molar-refractivity contribution in [2.45, 2.75) is 45.2 Å². The Bertz CT molecular complexity index is 500. The molecule has 3 nitrogen and oxygen atoms in total. The highest BCUT2D eigenvalue weighted by Gasteiger charge is 2.21. The van der Waals surface area contributed by atoms with Gasteiger partial charge >= 0.3 is 0 Å². The molecule has 5 heteroatoms. The van der Waals surface area contributed by atoms with E-state index < -0.39 is 0 Å². The molecule has 3 rings (SSSR count). The van der Waals surface area contributed by atoms with Crippen LogP contribution in [0.2, 0.25) is 0 Å². The van der Waals surface area contributed by atoms with Crippen LogP contribution in [0.15, 0.2) is 10.9 Å². The molecule has 18 heavy (non-hydrogen) atoms. The fourth-order valence-corrected chi connectivity index (χ4v) is 3.54. The highest BCUT2D eigenvalue weighted by molar-refractivity contribution is 7.15. The average molecular weight is 279 g/mol. The molecule has 0 atom stereocenters. The summed E-state index contributed by atoms with van der Waals surface area (Å²) in [5, 5.41) is 6.74. The van der Waals surface area contributed by atoms with E-state index in [4.69, 9.17) is 4.98 Å². The summed E-state index contributed by atoms with van der Waals surface area (Å²) >= 11 is 3.43. The van der Waals surface area contributed by atoms with Gasteiger partial charge in [0.1, 0.15) is 10.7 Å². The molecule has 0 amide bonds. The molecule has 1 fully saturated rings. The molecule has 0 spiro atoms. The van der Waals surface area contributed by atoms with Crippen molar-refractivity contribution in [2.24, 2.45) is 0 Å². The van der Waals surface area contributed by atoms with Crippen LogP contribution in [0.5, 0.6) is 0 Å². The fraction of sp³-hybridized carbons (Fsp3) is 0.538. The maximum absolute atomic E-state index is 4.76. The lowest BCUT2D eigenvalue weighted by atomic mass is 10.2. The van der Waals surface area contributed by atoms with Crippen LogP contribution in [0.3, 0.4) is 0 Å². The first-order valence-electron chi connectivity index (χ1n) is 6.47. The lowest BCUT2D eigenvalue weighted by Gasteiger charge is -2.01. The third-order valence-electron chi connectivity index (χ3n) is 3.05. The second kappa shape index (κ2) is 5.47. The summed E-state index contributed by atoms with van der Waals surface area (Å²) < 4.78 is 0. The topological polar surface area (TPSA) is 37.8 Å². The van der Waals surface area contributed by atoms with E-state index in [-0.39, 0.29) is 0 Å². The summed E-state index contributed by atoms with van der Waals surface area (Å²) in [6, 6.07) is 0.754. The van der Waals surface area contributed by atoms with Gasteiger partial charge in [-0.3, -0.25) is 0 Å². The van der Waals surface area contributed by atoms with E-state index in [1.54, 1.807) is 22.7 Å². The van der Waals surface area contributed by atoms with Gasteiger partial charge in [0.15, 0.2) is 0 Å². The largest absolute Gasteiger partial charge is 0.309 e. The van der Waals surface area contributed by atoms with Crippen molar-refractivity contribution < 1.29 is 0 Å². The fourth-order valence-electron chi connectivity index (χ4n) is 1.91. The summed E-state index contributed by atoms with van der Waals surface area (Å²) in [6.45, 7) is 3.18. The molecular weight excluding hydrogens is 262 g/mol. The predicted molar refractivity (Wildman–Crippen MR) is 77.1 cm³/mol. The zero-order chi connectivity index (χ0) is 12.4. The van der Waals surface area contributed by atoms with Crippen molar-refractivity contribution >= 4 is 22.7 Å². The molecule has 2 aromatic rings. The van der Waals surface area contributed by atoms with E-state index in [0.717, 1.165) is 36.1 Å². The smallest absolute Gasteiger partial charge is 0.143 e. The van der Waals surface area contributed by atoms with Gasteiger partial charge < -0.3 is 5.32 Å². The Kier molecular flexibility index (Phi) is 3.72. The van der Waals surface area contributed by atoms with E-state index >= 15 is 0 Å². The predicted octanol–water partition coefficient (Wildman–Crippen LogP) is 3.47. The molecule has 1 saturated carbocycles. The second-order valence-electron chi connectivity index (χ2n) is 4.67. The average Bonchev–Trinajstić information content (AvgIpc) is 2.90. The Morgan fingerprint density at radius 1 is 1.44 bits per heavy atom. The van der Waals surface area contributed by atoms with Gasteiger partial charge in [0, 0.05) is 22.8 Å². The van der Waals surface area contributed by atoms with Crippen molar-refractivity contribution in [3.63, 3.8) is 0 Å². The molecule has 0 unspecified atom stereocenters. The van der Waals surface area contributed by atoms with E-state index in [1.807, 2.05) is 5.51 Å². The molecule has 0 radical (unpaired) electrons. The Labute approximate surface area is 115 Å². The molecule has 1 aliphatic carbocycles. The van der Waals surface area contributed by atoms with Crippen molar-refractivity contribution in [1.29, 1.82) is 0 Å². The van der Waals surface area contributed by atoms with Gasteiger partial charge in [-0.15, -0.1) is 22.7 Å². The van der Waals surface area contributed by atoms with E-state index in [9.17, 15) is 0 Å². The minimum atomic E-state index is 0.754. The van der Waals surface area contributed by atoms with E-state index in [1.165, 1.54) is 23.4 Å². The van der Waals surface area contributed by atoms with Gasteiger partial charge in [-0.2, -0.15) is 0 Å². The lowest BCUT2D eigenvalue weighted by Crippen LogP contribution is -2.15. The molecule has 2 aromatic heterocycles. The van der Waals surface area contributed by atoms with Crippen molar-refractivity contribution in [3.8, 4) is 10.7 Å². The van der Waals surface area contributed by atoms with Crippen LogP contribution in [0.4, 0.5) is 0 Å². The van der Waals surface area contributed by atoms with Crippen LogP contribution < -0.4 is 5.32 Å². The number of nitrogens with zero attached hydrogens (tertiary/aromatic N) is 2.